The van der Waals surface area contributed by atoms with E-state index in [4.69, 9.17) is 22.7 Å². The van der Waals surface area contributed by atoms with Crippen molar-refractivity contribution in [3.05, 3.63) is 47.0 Å². The molecule has 2 aromatic rings. The summed E-state index contributed by atoms with van der Waals surface area (Å²) in [6, 6.07) is 11.9. The Balaban J connectivity index is 0.000000294. The molecule has 0 heterocycles. The molecule has 0 aliphatic heterocycles. The van der Waals surface area contributed by atoms with Crippen LogP contribution in [0.2, 0.25) is 5.02 Å². The molecule has 0 fully saturated rings. The molecule has 2 rings (SSSR count). The largest absolute Gasteiger partial charge is 0.379 e. The van der Waals surface area contributed by atoms with Gasteiger partial charge in [-0.25, -0.2) is 0 Å². The van der Waals surface area contributed by atoms with E-state index in [1.807, 2.05) is 36.4 Å². The minimum Gasteiger partial charge on any atom is -0.379 e. The minimum absolute atomic E-state index is 0.138. The van der Waals surface area contributed by atoms with Gasteiger partial charge >= 0.3 is 0 Å². The van der Waals surface area contributed by atoms with E-state index in [2.05, 4.69) is 60.3 Å². The lowest BCUT2D eigenvalue weighted by Gasteiger charge is -2.07. The van der Waals surface area contributed by atoms with E-state index in [0.717, 1.165) is 21.4 Å². The Kier molecular flexibility index (Phi) is 11.3. The predicted molar refractivity (Wildman–Crippen MR) is 131 cm³/mol. The average Bonchev–Trinajstić information content (AvgIpc) is 2.58. The lowest BCUT2D eigenvalue weighted by Crippen LogP contribution is -2.29. The smallest absolute Gasteiger partial charge is 0.151 e. The Labute approximate surface area is 184 Å². The summed E-state index contributed by atoms with van der Waals surface area (Å²) >= 11 is 24.5. The SMILES string of the molecule is N=C(N)SCc1ccc(Cl)c2ccccc12.S=C(S)NCCNC(=S)S. The van der Waals surface area contributed by atoms with Gasteiger partial charge in [0.05, 0.1) is 0 Å². The molecular formula is C16H19ClN4S5. The molecule has 0 atom stereocenters. The Morgan fingerprint density at radius 1 is 1.04 bits per heavy atom. The van der Waals surface area contributed by atoms with E-state index in [1.54, 1.807) is 0 Å². The molecule has 10 heteroatoms. The molecular weight excluding hydrogens is 444 g/mol. The van der Waals surface area contributed by atoms with Gasteiger partial charge in [0.1, 0.15) is 8.64 Å². The first-order valence-electron chi connectivity index (χ1n) is 7.37. The number of hydrogen-bond acceptors (Lipinski definition) is 4. The number of amidine groups is 1. The first kappa shape index (κ1) is 23.3. The Morgan fingerprint density at radius 2 is 1.58 bits per heavy atom. The van der Waals surface area contributed by atoms with E-state index in [0.29, 0.717) is 27.5 Å². The molecule has 0 aliphatic carbocycles. The Bertz CT molecular complexity index is 768. The maximum absolute atomic E-state index is 7.21. The predicted octanol–water partition coefficient (Wildman–Crippen LogP) is 4.21. The van der Waals surface area contributed by atoms with Crippen LogP contribution in [0.15, 0.2) is 36.4 Å². The normalized spacial score (nSPS) is 9.81. The number of nitrogens with two attached hydrogens (primary N) is 1. The molecule has 0 aliphatic rings. The number of halogens is 1. The van der Waals surface area contributed by atoms with E-state index in [1.165, 1.54) is 11.8 Å². The van der Waals surface area contributed by atoms with Crippen molar-refractivity contribution in [2.24, 2.45) is 5.73 Å². The highest BCUT2D eigenvalue weighted by Crippen LogP contribution is 2.28. The van der Waals surface area contributed by atoms with Crippen molar-refractivity contribution in [2.75, 3.05) is 13.1 Å². The second-order valence-corrected chi connectivity index (χ2v) is 8.61. The quantitative estimate of drug-likeness (QED) is 0.131. The van der Waals surface area contributed by atoms with Crippen molar-refractivity contribution in [1.29, 1.82) is 5.41 Å². The van der Waals surface area contributed by atoms with Crippen LogP contribution in [0.3, 0.4) is 0 Å². The van der Waals surface area contributed by atoms with Crippen molar-refractivity contribution in [3.8, 4) is 0 Å². The van der Waals surface area contributed by atoms with Gasteiger partial charge in [-0.15, -0.1) is 25.3 Å². The number of hydrogen-bond donors (Lipinski definition) is 6. The lowest BCUT2D eigenvalue weighted by atomic mass is 10.1. The zero-order chi connectivity index (χ0) is 19.5. The number of benzene rings is 2. The van der Waals surface area contributed by atoms with Gasteiger partial charge in [0.15, 0.2) is 5.17 Å². The summed E-state index contributed by atoms with van der Waals surface area (Å²) in [6.07, 6.45) is 0. The van der Waals surface area contributed by atoms with Gasteiger partial charge in [-0.3, -0.25) is 5.41 Å². The maximum atomic E-state index is 7.21. The van der Waals surface area contributed by atoms with Crippen LogP contribution in [0.1, 0.15) is 5.56 Å². The van der Waals surface area contributed by atoms with Gasteiger partial charge in [-0.2, -0.15) is 0 Å². The van der Waals surface area contributed by atoms with Crippen molar-refractivity contribution in [2.45, 2.75) is 5.75 Å². The van der Waals surface area contributed by atoms with Crippen molar-refractivity contribution >= 4 is 97.6 Å². The standard InChI is InChI=1S/C12H11ClN2S.C4H8N2S4/c13-11-6-5-8(7-16-12(14)15)9-3-1-2-4-10(9)11;7-3(8)5-1-2-6-4(9)10/h1-6H,7H2,(H3,14,15);1-2H2,(H2,5,7,8)(H2,6,9,10). The Morgan fingerprint density at radius 3 is 2.08 bits per heavy atom. The summed E-state index contributed by atoms with van der Waals surface area (Å²) in [5.74, 6) is 0.701. The highest BCUT2D eigenvalue weighted by Gasteiger charge is 2.04. The van der Waals surface area contributed by atoms with Crippen LogP contribution in [-0.2, 0) is 5.75 Å². The molecule has 0 spiro atoms. The highest BCUT2D eigenvalue weighted by atomic mass is 35.5. The van der Waals surface area contributed by atoms with Gasteiger partial charge < -0.3 is 16.4 Å². The third-order valence-electron chi connectivity index (χ3n) is 3.02. The van der Waals surface area contributed by atoms with Gasteiger partial charge in [-0.1, -0.05) is 78.1 Å². The molecule has 0 aromatic heterocycles. The lowest BCUT2D eigenvalue weighted by molar-refractivity contribution is 0.834. The monoisotopic (exact) mass is 462 g/mol. The fourth-order valence-electron chi connectivity index (χ4n) is 1.94. The van der Waals surface area contributed by atoms with Crippen LogP contribution in [0.25, 0.3) is 10.8 Å². The Hall–Kier alpha value is -0.710. The topological polar surface area (TPSA) is 73.9 Å². The van der Waals surface area contributed by atoms with Crippen LogP contribution in [0.5, 0.6) is 0 Å². The minimum atomic E-state index is 0.138. The van der Waals surface area contributed by atoms with Gasteiger partial charge in [0.2, 0.25) is 0 Å². The van der Waals surface area contributed by atoms with E-state index < -0.39 is 0 Å². The number of thioether (sulfide) groups is 1. The molecule has 26 heavy (non-hydrogen) atoms. The summed E-state index contributed by atoms with van der Waals surface area (Å²) in [7, 11) is 0. The molecule has 0 unspecified atom stereocenters. The van der Waals surface area contributed by atoms with Crippen molar-refractivity contribution in [3.63, 3.8) is 0 Å². The molecule has 140 valence electrons. The fourth-order valence-corrected chi connectivity index (χ4v) is 3.16. The summed E-state index contributed by atoms with van der Waals surface area (Å²) in [5, 5.41) is 16.0. The third-order valence-corrected chi connectivity index (χ3v) is 4.72. The maximum Gasteiger partial charge on any atom is 0.151 e. The molecule has 0 bridgehead atoms. The molecule has 4 nitrogen and oxygen atoms in total. The van der Waals surface area contributed by atoms with Crippen LogP contribution in [-0.4, -0.2) is 26.9 Å². The zero-order valence-electron chi connectivity index (χ0n) is 13.7. The van der Waals surface area contributed by atoms with Crippen molar-refractivity contribution in [1.82, 2.24) is 10.6 Å². The summed E-state index contributed by atoms with van der Waals surface area (Å²) in [4.78, 5) is 0. The molecule has 2 aromatic carbocycles. The fraction of sp³-hybridized carbons (Fsp3) is 0.188. The third kappa shape index (κ3) is 9.29. The molecule has 0 amide bonds. The van der Waals surface area contributed by atoms with Crippen LogP contribution < -0.4 is 16.4 Å². The summed E-state index contributed by atoms with van der Waals surface area (Å²) < 4.78 is 0.985. The van der Waals surface area contributed by atoms with Gasteiger partial charge in [0.25, 0.3) is 0 Å². The van der Waals surface area contributed by atoms with Crippen molar-refractivity contribution < 1.29 is 0 Å². The van der Waals surface area contributed by atoms with E-state index in [9.17, 15) is 0 Å². The van der Waals surface area contributed by atoms with Gasteiger partial charge in [-0.05, 0) is 17.0 Å². The number of rotatable bonds is 5. The van der Waals surface area contributed by atoms with Crippen LogP contribution in [0.4, 0.5) is 0 Å². The average molecular weight is 463 g/mol. The van der Waals surface area contributed by atoms with Crippen LogP contribution in [0, 0.1) is 5.41 Å². The number of fused-ring (bicyclic) bond motifs is 1. The van der Waals surface area contributed by atoms with E-state index in [-0.39, 0.29) is 5.17 Å². The zero-order valence-corrected chi connectivity index (χ0v) is 18.7. The number of nitrogens with one attached hydrogen (secondary N) is 3. The first-order chi connectivity index (χ1) is 12.3. The number of thiol groups is 2. The summed E-state index contributed by atoms with van der Waals surface area (Å²) in [6.45, 7) is 1.42. The second-order valence-electron chi connectivity index (χ2n) is 4.87. The number of thiocarbonyl (C=S) groups is 2. The summed E-state index contributed by atoms with van der Waals surface area (Å²) in [5.41, 5.74) is 6.49. The molecule has 0 saturated heterocycles. The molecule has 0 radical (unpaired) electrons. The second kappa shape index (κ2) is 12.6. The first-order valence-corrected chi connectivity index (χ1v) is 10.4. The van der Waals surface area contributed by atoms with Crippen LogP contribution >= 0.6 is 73.1 Å². The van der Waals surface area contributed by atoms with E-state index >= 15 is 0 Å². The molecule has 0 saturated carbocycles. The molecule has 5 N–H and O–H groups in total. The highest BCUT2D eigenvalue weighted by molar-refractivity contribution is 8.13. The van der Waals surface area contributed by atoms with Gasteiger partial charge in [0, 0.05) is 29.3 Å².